The van der Waals surface area contributed by atoms with Gasteiger partial charge in [-0.3, -0.25) is 14.4 Å². The van der Waals surface area contributed by atoms with Gasteiger partial charge in [-0.05, 0) is 77.0 Å². The van der Waals surface area contributed by atoms with Gasteiger partial charge in [0.25, 0.3) is 0 Å². The molecule has 0 aliphatic carbocycles. The number of rotatable bonds is 36. The SMILES string of the molecule is CC/C=C\C/C=C\C/C=C\CCCCCCCC(=O)OCC(COC(=O)CCCCCCC)OC(=O)CCCCCCC/C=C\C/C=C\CCC. The Balaban J connectivity index is 4.32. The fourth-order valence-corrected chi connectivity index (χ4v) is 5.37. The molecule has 0 saturated heterocycles. The van der Waals surface area contributed by atoms with Crippen LogP contribution in [0, 0.1) is 0 Å². The van der Waals surface area contributed by atoms with Crippen molar-refractivity contribution < 1.29 is 28.6 Å². The van der Waals surface area contributed by atoms with Crippen LogP contribution in [0.5, 0.6) is 0 Å². The van der Waals surface area contributed by atoms with Crippen LogP contribution in [0.3, 0.4) is 0 Å². The van der Waals surface area contributed by atoms with Crippen LogP contribution < -0.4 is 0 Å². The highest BCUT2D eigenvalue weighted by Crippen LogP contribution is 2.12. The maximum atomic E-state index is 12.6. The van der Waals surface area contributed by atoms with Crippen molar-refractivity contribution in [1.82, 2.24) is 0 Å². The molecule has 0 rings (SSSR count). The topological polar surface area (TPSA) is 78.9 Å². The summed E-state index contributed by atoms with van der Waals surface area (Å²) in [6.45, 7) is 6.32. The summed E-state index contributed by atoms with van der Waals surface area (Å²) in [5.74, 6) is -0.941. The van der Waals surface area contributed by atoms with Crippen LogP contribution in [0.15, 0.2) is 60.8 Å². The largest absolute Gasteiger partial charge is 0.462 e. The van der Waals surface area contributed by atoms with Crippen molar-refractivity contribution in [2.45, 2.75) is 194 Å². The molecule has 0 radical (unpaired) electrons. The average molecular weight is 713 g/mol. The van der Waals surface area contributed by atoms with Gasteiger partial charge in [-0.2, -0.15) is 0 Å². The second kappa shape index (κ2) is 39.9. The van der Waals surface area contributed by atoms with E-state index in [1.54, 1.807) is 0 Å². The van der Waals surface area contributed by atoms with Crippen LogP contribution in [-0.4, -0.2) is 37.2 Å². The molecule has 0 heterocycles. The van der Waals surface area contributed by atoms with E-state index in [2.05, 4.69) is 81.5 Å². The van der Waals surface area contributed by atoms with E-state index in [4.69, 9.17) is 14.2 Å². The van der Waals surface area contributed by atoms with Crippen molar-refractivity contribution in [3.05, 3.63) is 60.8 Å². The van der Waals surface area contributed by atoms with Crippen molar-refractivity contribution >= 4 is 17.9 Å². The molecule has 51 heavy (non-hydrogen) atoms. The zero-order valence-corrected chi connectivity index (χ0v) is 33.1. The Hall–Kier alpha value is -2.89. The van der Waals surface area contributed by atoms with E-state index in [0.717, 1.165) is 135 Å². The van der Waals surface area contributed by atoms with E-state index >= 15 is 0 Å². The first kappa shape index (κ1) is 48.1. The van der Waals surface area contributed by atoms with Gasteiger partial charge in [-0.25, -0.2) is 0 Å². The monoisotopic (exact) mass is 713 g/mol. The van der Waals surface area contributed by atoms with Gasteiger partial charge < -0.3 is 14.2 Å². The summed E-state index contributed by atoms with van der Waals surface area (Å²) < 4.78 is 16.5. The minimum absolute atomic E-state index is 0.0875. The van der Waals surface area contributed by atoms with E-state index in [0.29, 0.717) is 19.3 Å². The Kier molecular flexibility index (Phi) is 37.6. The van der Waals surface area contributed by atoms with Crippen LogP contribution in [0.1, 0.15) is 188 Å². The minimum Gasteiger partial charge on any atom is -0.462 e. The Morgan fingerprint density at radius 3 is 1.27 bits per heavy atom. The molecule has 0 fully saturated rings. The summed E-state index contributed by atoms with van der Waals surface area (Å²) in [5.41, 5.74) is 0. The van der Waals surface area contributed by atoms with Crippen molar-refractivity contribution in [2.75, 3.05) is 13.2 Å². The number of unbranched alkanes of at least 4 members (excludes halogenated alkanes) is 15. The number of esters is 3. The summed E-state index contributed by atoms with van der Waals surface area (Å²) in [5, 5.41) is 0. The quantitative estimate of drug-likeness (QED) is 0.0278. The minimum atomic E-state index is -0.782. The number of hydrogen-bond acceptors (Lipinski definition) is 6. The lowest BCUT2D eigenvalue weighted by molar-refractivity contribution is -0.167. The van der Waals surface area contributed by atoms with Gasteiger partial charge in [0.15, 0.2) is 6.10 Å². The van der Waals surface area contributed by atoms with E-state index < -0.39 is 6.10 Å². The van der Waals surface area contributed by atoms with Crippen molar-refractivity contribution in [3.63, 3.8) is 0 Å². The van der Waals surface area contributed by atoms with Gasteiger partial charge in [0, 0.05) is 19.3 Å². The molecule has 0 aromatic carbocycles. The van der Waals surface area contributed by atoms with E-state index in [1.807, 2.05) is 0 Å². The van der Waals surface area contributed by atoms with E-state index in [-0.39, 0.29) is 31.1 Å². The first-order chi connectivity index (χ1) is 25.0. The van der Waals surface area contributed by atoms with Crippen molar-refractivity contribution in [3.8, 4) is 0 Å². The normalized spacial score (nSPS) is 12.6. The highest BCUT2D eigenvalue weighted by molar-refractivity contribution is 5.71. The molecular weight excluding hydrogens is 636 g/mol. The smallest absolute Gasteiger partial charge is 0.306 e. The summed E-state index contributed by atoms with van der Waals surface area (Å²) in [4.78, 5) is 37.4. The fourth-order valence-electron chi connectivity index (χ4n) is 5.37. The Bertz CT molecular complexity index is 960. The predicted molar refractivity (Wildman–Crippen MR) is 215 cm³/mol. The summed E-state index contributed by atoms with van der Waals surface area (Å²) in [7, 11) is 0. The van der Waals surface area contributed by atoms with E-state index in [1.165, 1.54) is 12.8 Å². The average Bonchev–Trinajstić information content (AvgIpc) is 3.12. The Morgan fingerprint density at radius 1 is 0.412 bits per heavy atom. The highest BCUT2D eigenvalue weighted by atomic mass is 16.6. The lowest BCUT2D eigenvalue weighted by atomic mass is 10.1. The third-order valence-corrected chi connectivity index (χ3v) is 8.49. The van der Waals surface area contributed by atoms with Gasteiger partial charge in [0.05, 0.1) is 0 Å². The molecule has 0 aliphatic rings. The molecule has 0 aromatic heterocycles. The molecule has 292 valence electrons. The Morgan fingerprint density at radius 2 is 0.804 bits per heavy atom. The van der Waals surface area contributed by atoms with Crippen LogP contribution in [0.4, 0.5) is 0 Å². The second-order valence-electron chi connectivity index (χ2n) is 13.5. The first-order valence-electron chi connectivity index (χ1n) is 20.8. The second-order valence-corrected chi connectivity index (χ2v) is 13.5. The van der Waals surface area contributed by atoms with E-state index in [9.17, 15) is 14.4 Å². The van der Waals surface area contributed by atoms with Gasteiger partial charge >= 0.3 is 17.9 Å². The zero-order chi connectivity index (χ0) is 37.3. The van der Waals surface area contributed by atoms with Crippen LogP contribution in [0.2, 0.25) is 0 Å². The van der Waals surface area contributed by atoms with Crippen LogP contribution in [-0.2, 0) is 28.6 Å². The molecule has 1 unspecified atom stereocenters. The molecule has 0 aromatic rings. The van der Waals surface area contributed by atoms with Gasteiger partial charge in [-0.1, -0.05) is 152 Å². The molecule has 0 N–H and O–H groups in total. The first-order valence-corrected chi connectivity index (χ1v) is 20.8. The van der Waals surface area contributed by atoms with Gasteiger partial charge in [-0.15, -0.1) is 0 Å². The third kappa shape index (κ3) is 38.2. The number of hydrogen-bond donors (Lipinski definition) is 0. The van der Waals surface area contributed by atoms with Crippen molar-refractivity contribution in [2.24, 2.45) is 0 Å². The molecule has 6 heteroatoms. The van der Waals surface area contributed by atoms with Gasteiger partial charge in [0.1, 0.15) is 13.2 Å². The maximum absolute atomic E-state index is 12.6. The van der Waals surface area contributed by atoms with Crippen molar-refractivity contribution in [1.29, 1.82) is 0 Å². The van der Waals surface area contributed by atoms with Gasteiger partial charge in [0.2, 0.25) is 0 Å². The summed E-state index contributed by atoms with van der Waals surface area (Å²) in [6.07, 6.45) is 46.6. The van der Waals surface area contributed by atoms with Crippen LogP contribution in [0.25, 0.3) is 0 Å². The molecule has 0 spiro atoms. The maximum Gasteiger partial charge on any atom is 0.306 e. The molecule has 0 saturated carbocycles. The summed E-state index contributed by atoms with van der Waals surface area (Å²) >= 11 is 0. The third-order valence-electron chi connectivity index (χ3n) is 8.49. The molecule has 6 nitrogen and oxygen atoms in total. The number of carbonyl (C=O) groups is 3. The lowest BCUT2D eigenvalue weighted by Crippen LogP contribution is -2.30. The summed E-state index contributed by atoms with van der Waals surface area (Å²) in [6, 6.07) is 0. The standard InChI is InChI=1S/C45H76O6/c1-4-7-10-13-15-17-19-21-22-24-25-27-29-32-35-38-44(47)50-41-42(40-49-43(46)37-34-31-12-9-6-3)51-45(48)39-36-33-30-28-26-23-20-18-16-14-11-8-5-2/h7,10-11,14-15,17-18,20-22,42H,4-6,8-9,12-13,16,19,23-41H2,1-3H3/b10-7-,14-11-,17-15-,20-18-,22-21-. The predicted octanol–water partition coefficient (Wildman–Crippen LogP) is 13.0. The van der Waals surface area contributed by atoms with Crippen LogP contribution >= 0.6 is 0 Å². The molecule has 0 amide bonds. The Labute approximate surface area is 313 Å². The number of ether oxygens (including phenoxy) is 3. The molecule has 1 atom stereocenters. The molecular formula is C45H76O6. The number of allylic oxidation sites excluding steroid dienone is 10. The fraction of sp³-hybridized carbons (Fsp3) is 0.711. The zero-order valence-electron chi connectivity index (χ0n) is 33.1. The highest BCUT2D eigenvalue weighted by Gasteiger charge is 2.19. The number of carbonyl (C=O) groups excluding carboxylic acids is 3. The molecule has 0 bridgehead atoms. The lowest BCUT2D eigenvalue weighted by Gasteiger charge is -2.18. The molecule has 0 aliphatic heterocycles.